The Morgan fingerprint density at radius 1 is 1.39 bits per heavy atom. The molecule has 2 heterocycles. The molecule has 0 fully saturated rings. The van der Waals surface area contributed by atoms with Crippen LogP contribution in [0.2, 0.25) is 5.15 Å². The fourth-order valence-corrected chi connectivity index (χ4v) is 1.90. The fourth-order valence-electron chi connectivity index (χ4n) is 1.71. The second-order valence-corrected chi connectivity index (χ2v) is 4.90. The number of aliphatic hydroxyl groups excluding tert-OH is 1. The number of aliphatic hydroxyl groups is 1. The summed E-state index contributed by atoms with van der Waals surface area (Å²) < 4.78 is 1.88. The van der Waals surface area contributed by atoms with E-state index in [2.05, 4.69) is 23.9 Å². The Morgan fingerprint density at radius 3 is 2.78 bits per heavy atom. The van der Waals surface area contributed by atoms with E-state index in [-0.39, 0.29) is 0 Å². The lowest BCUT2D eigenvalue weighted by Gasteiger charge is -2.09. The van der Waals surface area contributed by atoms with Gasteiger partial charge in [0.25, 0.3) is 0 Å². The molecule has 0 spiro atoms. The van der Waals surface area contributed by atoms with E-state index in [1.54, 1.807) is 18.3 Å². The molecule has 96 valence electrons. The number of pyridine rings is 1. The van der Waals surface area contributed by atoms with Crippen molar-refractivity contribution in [3.63, 3.8) is 0 Å². The first-order chi connectivity index (χ1) is 8.56. The number of halogens is 1. The summed E-state index contributed by atoms with van der Waals surface area (Å²) in [6.07, 6.45) is 3.38. The van der Waals surface area contributed by atoms with E-state index in [0.717, 1.165) is 11.3 Å². The maximum absolute atomic E-state index is 10.1. The van der Waals surface area contributed by atoms with Gasteiger partial charge >= 0.3 is 0 Å². The molecule has 0 amide bonds. The molecule has 5 heteroatoms. The topological polar surface area (TPSA) is 50.9 Å². The third kappa shape index (κ3) is 3.09. The molecular weight excluding hydrogens is 250 g/mol. The van der Waals surface area contributed by atoms with Crippen LogP contribution >= 0.6 is 11.6 Å². The van der Waals surface area contributed by atoms with Gasteiger partial charge in [-0.2, -0.15) is 5.10 Å². The summed E-state index contributed by atoms with van der Waals surface area (Å²) in [7, 11) is 0. The summed E-state index contributed by atoms with van der Waals surface area (Å²) in [6.45, 7) is 4.13. The second kappa shape index (κ2) is 5.50. The van der Waals surface area contributed by atoms with Gasteiger partial charge < -0.3 is 5.11 Å². The molecule has 0 aliphatic rings. The first kappa shape index (κ1) is 13.1. The number of nitrogens with zero attached hydrogens (tertiary/aromatic N) is 3. The van der Waals surface area contributed by atoms with Crippen molar-refractivity contribution in [2.75, 3.05) is 0 Å². The van der Waals surface area contributed by atoms with Crippen molar-refractivity contribution in [1.29, 1.82) is 0 Å². The minimum Gasteiger partial charge on any atom is -0.388 e. The van der Waals surface area contributed by atoms with Crippen LogP contribution in [0.5, 0.6) is 0 Å². The molecule has 0 aromatic carbocycles. The summed E-state index contributed by atoms with van der Waals surface area (Å²) in [5, 5.41) is 14.9. The van der Waals surface area contributed by atoms with Gasteiger partial charge in [-0.15, -0.1) is 0 Å². The lowest BCUT2D eigenvalue weighted by atomic mass is 10.1. The van der Waals surface area contributed by atoms with Crippen molar-refractivity contribution in [2.24, 2.45) is 0 Å². The molecule has 1 unspecified atom stereocenters. The predicted molar refractivity (Wildman–Crippen MR) is 70.5 cm³/mol. The average Bonchev–Trinajstić information content (AvgIpc) is 2.77. The molecular formula is C13H16ClN3O. The van der Waals surface area contributed by atoms with E-state index in [9.17, 15) is 5.11 Å². The lowest BCUT2D eigenvalue weighted by molar-refractivity contribution is 0.176. The highest BCUT2D eigenvalue weighted by Crippen LogP contribution is 2.19. The third-order valence-electron chi connectivity index (χ3n) is 2.73. The first-order valence-corrected chi connectivity index (χ1v) is 6.27. The number of hydrogen-bond acceptors (Lipinski definition) is 3. The van der Waals surface area contributed by atoms with Crippen LogP contribution in [0, 0.1) is 0 Å². The molecule has 0 saturated carbocycles. The molecule has 0 radical (unpaired) electrons. The Labute approximate surface area is 111 Å². The number of hydrogen-bond donors (Lipinski definition) is 1. The molecule has 1 atom stereocenters. The Morgan fingerprint density at radius 2 is 2.17 bits per heavy atom. The van der Waals surface area contributed by atoms with Gasteiger partial charge in [-0.05, 0) is 37.6 Å². The van der Waals surface area contributed by atoms with E-state index >= 15 is 0 Å². The smallest absolute Gasteiger partial charge is 0.129 e. The van der Waals surface area contributed by atoms with Crippen LogP contribution in [-0.4, -0.2) is 19.9 Å². The Bertz CT molecular complexity index is 524. The van der Waals surface area contributed by atoms with Gasteiger partial charge in [0.05, 0.1) is 11.8 Å². The summed E-state index contributed by atoms with van der Waals surface area (Å²) in [6, 6.07) is 5.68. The molecule has 2 aromatic heterocycles. The average molecular weight is 266 g/mol. The fraction of sp³-hybridized carbons (Fsp3) is 0.385. The monoisotopic (exact) mass is 265 g/mol. The molecule has 1 N–H and O–H groups in total. The van der Waals surface area contributed by atoms with Crippen LogP contribution in [0.1, 0.15) is 37.3 Å². The van der Waals surface area contributed by atoms with Crippen molar-refractivity contribution < 1.29 is 5.11 Å². The molecule has 18 heavy (non-hydrogen) atoms. The number of aromatic nitrogens is 3. The van der Waals surface area contributed by atoms with Gasteiger partial charge in [0, 0.05) is 24.9 Å². The zero-order valence-electron chi connectivity index (χ0n) is 10.4. The standard InChI is InChI=1S/C13H16ClN3O/c1-9(2)17-6-4-11(16-17)8-12(18)10-3-5-15-13(14)7-10/h3-7,9,12,18H,8H2,1-2H3. The Hall–Kier alpha value is -1.39. The van der Waals surface area contributed by atoms with E-state index < -0.39 is 6.10 Å². The largest absolute Gasteiger partial charge is 0.388 e. The summed E-state index contributed by atoms with van der Waals surface area (Å²) in [4.78, 5) is 3.89. The molecule has 2 rings (SSSR count). The van der Waals surface area contributed by atoms with Gasteiger partial charge in [0.1, 0.15) is 5.15 Å². The van der Waals surface area contributed by atoms with E-state index in [0.29, 0.717) is 17.6 Å². The molecule has 2 aromatic rings. The first-order valence-electron chi connectivity index (χ1n) is 5.90. The van der Waals surface area contributed by atoms with Gasteiger partial charge in [0.15, 0.2) is 0 Å². The minimum absolute atomic E-state index is 0.325. The number of rotatable bonds is 4. The maximum atomic E-state index is 10.1. The Balaban J connectivity index is 2.08. The van der Waals surface area contributed by atoms with Crippen LogP contribution in [0.4, 0.5) is 0 Å². The molecule has 4 nitrogen and oxygen atoms in total. The maximum Gasteiger partial charge on any atom is 0.129 e. The molecule has 0 saturated heterocycles. The highest BCUT2D eigenvalue weighted by Gasteiger charge is 2.11. The van der Waals surface area contributed by atoms with Crippen LogP contribution in [0.15, 0.2) is 30.6 Å². The van der Waals surface area contributed by atoms with E-state index in [1.807, 2.05) is 16.9 Å². The van der Waals surface area contributed by atoms with Gasteiger partial charge in [-0.3, -0.25) is 4.68 Å². The zero-order chi connectivity index (χ0) is 13.1. The quantitative estimate of drug-likeness (QED) is 0.865. The van der Waals surface area contributed by atoms with Crippen molar-refractivity contribution in [2.45, 2.75) is 32.4 Å². The normalized spacial score (nSPS) is 12.9. The second-order valence-electron chi connectivity index (χ2n) is 4.51. The van der Waals surface area contributed by atoms with Crippen molar-refractivity contribution >= 4 is 11.6 Å². The van der Waals surface area contributed by atoms with Crippen LogP contribution in [0.3, 0.4) is 0 Å². The third-order valence-corrected chi connectivity index (χ3v) is 2.94. The van der Waals surface area contributed by atoms with Crippen molar-refractivity contribution in [3.05, 3.63) is 47.0 Å². The van der Waals surface area contributed by atoms with Crippen molar-refractivity contribution in [3.8, 4) is 0 Å². The summed E-state index contributed by atoms with van der Waals surface area (Å²) in [5.74, 6) is 0. The molecule has 0 bridgehead atoms. The summed E-state index contributed by atoms with van der Waals surface area (Å²) in [5.41, 5.74) is 1.62. The van der Waals surface area contributed by atoms with Gasteiger partial charge in [0.2, 0.25) is 0 Å². The molecule has 0 aliphatic carbocycles. The van der Waals surface area contributed by atoms with E-state index in [1.165, 1.54) is 0 Å². The van der Waals surface area contributed by atoms with Crippen molar-refractivity contribution in [1.82, 2.24) is 14.8 Å². The Kier molecular flexibility index (Phi) is 3.99. The minimum atomic E-state index is -0.610. The van der Waals surface area contributed by atoms with Gasteiger partial charge in [-0.1, -0.05) is 11.6 Å². The summed E-state index contributed by atoms with van der Waals surface area (Å²) >= 11 is 5.80. The van der Waals surface area contributed by atoms with Crippen LogP contribution in [-0.2, 0) is 6.42 Å². The van der Waals surface area contributed by atoms with Crippen LogP contribution in [0.25, 0.3) is 0 Å². The zero-order valence-corrected chi connectivity index (χ0v) is 11.2. The predicted octanol–water partition coefficient (Wildman–Crippen LogP) is 2.79. The van der Waals surface area contributed by atoms with E-state index in [4.69, 9.17) is 11.6 Å². The molecule has 0 aliphatic heterocycles. The lowest BCUT2D eigenvalue weighted by Crippen LogP contribution is -2.05. The highest BCUT2D eigenvalue weighted by atomic mass is 35.5. The van der Waals surface area contributed by atoms with Crippen LogP contribution < -0.4 is 0 Å². The highest BCUT2D eigenvalue weighted by molar-refractivity contribution is 6.29. The van der Waals surface area contributed by atoms with Gasteiger partial charge in [-0.25, -0.2) is 4.98 Å². The SMILES string of the molecule is CC(C)n1ccc(CC(O)c2ccnc(Cl)c2)n1.